The SMILES string of the molecule is Cc1ccc(N(C)CCC(O)c2cccc(Cl)c2Cl)cc1. The molecule has 0 aliphatic heterocycles. The van der Waals surface area contributed by atoms with E-state index in [2.05, 4.69) is 36.1 Å². The molecule has 0 heterocycles. The zero-order valence-electron chi connectivity index (χ0n) is 12.2. The van der Waals surface area contributed by atoms with Crippen LogP contribution in [0.1, 0.15) is 23.7 Å². The number of hydrogen-bond donors (Lipinski definition) is 1. The van der Waals surface area contributed by atoms with Crippen LogP contribution in [0, 0.1) is 6.92 Å². The lowest BCUT2D eigenvalue weighted by atomic mass is 10.1. The smallest absolute Gasteiger partial charge is 0.0821 e. The number of hydrogen-bond acceptors (Lipinski definition) is 2. The molecule has 0 aliphatic carbocycles. The largest absolute Gasteiger partial charge is 0.388 e. The third-order valence-electron chi connectivity index (χ3n) is 3.55. The highest BCUT2D eigenvalue weighted by molar-refractivity contribution is 6.42. The molecule has 1 unspecified atom stereocenters. The number of nitrogens with zero attached hydrogens (tertiary/aromatic N) is 1. The van der Waals surface area contributed by atoms with Crippen LogP contribution in [-0.2, 0) is 0 Å². The van der Waals surface area contributed by atoms with Crippen LogP contribution in [0.2, 0.25) is 10.0 Å². The molecule has 0 spiro atoms. The van der Waals surface area contributed by atoms with Gasteiger partial charge in [-0.1, -0.05) is 53.0 Å². The summed E-state index contributed by atoms with van der Waals surface area (Å²) in [5.41, 5.74) is 3.05. The maximum atomic E-state index is 10.3. The summed E-state index contributed by atoms with van der Waals surface area (Å²) in [5.74, 6) is 0. The van der Waals surface area contributed by atoms with Gasteiger partial charge in [-0.2, -0.15) is 0 Å². The average Bonchev–Trinajstić information content (AvgIpc) is 2.48. The average molecular weight is 324 g/mol. The Morgan fingerprint density at radius 2 is 1.76 bits per heavy atom. The molecule has 112 valence electrons. The van der Waals surface area contributed by atoms with Gasteiger partial charge in [-0.25, -0.2) is 0 Å². The topological polar surface area (TPSA) is 23.5 Å². The lowest BCUT2D eigenvalue weighted by molar-refractivity contribution is 0.170. The van der Waals surface area contributed by atoms with Crippen LogP contribution >= 0.6 is 23.2 Å². The number of aryl methyl sites for hydroxylation is 1. The Bertz CT molecular complexity index is 598. The molecule has 0 aromatic heterocycles. The standard InChI is InChI=1S/C17H19Cl2NO/c1-12-6-8-13(9-7-12)20(2)11-10-16(21)14-4-3-5-15(18)17(14)19/h3-9,16,21H,10-11H2,1-2H3. The summed E-state index contributed by atoms with van der Waals surface area (Å²) in [7, 11) is 2.01. The minimum atomic E-state index is -0.621. The van der Waals surface area contributed by atoms with Crippen LogP contribution in [-0.4, -0.2) is 18.7 Å². The molecular weight excluding hydrogens is 305 g/mol. The fourth-order valence-corrected chi connectivity index (χ4v) is 2.61. The van der Waals surface area contributed by atoms with E-state index < -0.39 is 6.10 Å². The Morgan fingerprint density at radius 3 is 2.43 bits per heavy atom. The second-order valence-corrected chi connectivity index (χ2v) is 5.99. The molecule has 0 bridgehead atoms. The van der Waals surface area contributed by atoms with Crippen LogP contribution in [0.15, 0.2) is 42.5 Å². The monoisotopic (exact) mass is 323 g/mol. The first-order valence-electron chi connectivity index (χ1n) is 6.89. The van der Waals surface area contributed by atoms with E-state index in [9.17, 15) is 5.11 Å². The van der Waals surface area contributed by atoms with Crippen LogP contribution in [0.25, 0.3) is 0 Å². The van der Waals surface area contributed by atoms with Crippen LogP contribution in [0.5, 0.6) is 0 Å². The van der Waals surface area contributed by atoms with Gasteiger partial charge in [0, 0.05) is 24.8 Å². The Hall–Kier alpha value is -1.22. The van der Waals surface area contributed by atoms with E-state index in [0.29, 0.717) is 22.0 Å². The fraction of sp³-hybridized carbons (Fsp3) is 0.294. The van der Waals surface area contributed by atoms with Crippen molar-refractivity contribution in [2.45, 2.75) is 19.4 Å². The van der Waals surface area contributed by atoms with Gasteiger partial charge in [-0.15, -0.1) is 0 Å². The zero-order valence-corrected chi connectivity index (χ0v) is 13.7. The van der Waals surface area contributed by atoms with Gasteiger partial charge >= 0.3 is 0 Å². The van der Waals surface area contributed by atoms with E-state index in [4.69, 9.17) is 23.2 Å². The molecule has 0 saturated heterocycles. The number of rotatable bonds is 5. The zero-order chi connectivity index (χ0) is 15.4. The molecule has 2 rings (SSSR count). The summed E-state index contributed by atoms with van der Waals surface area (Å²) in [5, 5.41) is 11.2. The van der Waals surface area contributed by atoms with Crippen molar-refractivity contribution in [2.75, 3.05) is 18.5 Å². The van der Waals surface area contributed by atoms with E-state index >= 15 is 0 Å². The van der Waals surface area contributed by atoms with Crippen molar-refractivity contribution in [3.05, 3.63) is 63.6 Å². The summed E-state index contributed by atoms with van der Waals surface area (Å²) in [4.78, 5) is 2.11. The molecule has 1 atom stereocenters. The number of aliphatic hydroxyl groups is 1. The molecule has 0 saturated carbocycles. The highest BCUT2D eigenvalue weighted by Gasteiger charge is 2.14. The molecular formula is C17H19Cl2NO. The van der Waals surface area contributed by atoms with Gasteiger partial charge in [-0.3, -0.25) is 0 Å². The van der Waals surface area contributed by atoms with Gasteiger partial charge in [-0.05, 0) is 31.5 Å². The lowest BCUT2D eigenvalue weighted by Gasteiger charge is -2.22. The van der Waals surface area contributed by atoms with E-state index in [0.717, 1.165) is 12.2 Å². The number of aliphatic hydroxyl groups excluding tert-OH is 1. The first-order valence-corrected chi connectivity index (χ1v) is 7.64. The van der Waals surface area contributed by atoms with Gasteiger partial charge < -0.3 is 10.0 Å². The van der Waals surface area contributed by atoms with E-state index in [1.807, 2.05) is 13.1 Å². The van der Waals surface area contributed by atoms with Crippen molar-refractivity contribution in [2.24, 2.45) is 0 Å². The van der Waals surface area contributed by atoms with Crippen molar-refractivity contribution in [1.82, 2.24) is 0 Å². The van der Waals surface area contributed by atoms with Crippen molar-refractivity contribution in [3.8, 4) is 0 Å². The number of benzene rings is 2. The molecule has 0 aliphatic rings. The lowest BCUT2D eigenvalue weighted by Crippen LogP contribution is -2.20. The number of anilines is 1. The molecule has 2 aromatic carbocycles. The quantitative estimate of drug-likeness (QED) is 0.849. The second-order valence-electron chi connectivity index (χ2n) is 5.20. The maximum Gasteiger partial charge on any atom is 0.0821 e. The van der Waals surface area contributed by atoms with Gasteiger partial charge in [0.15, 0.2) is 0 Å². The van der Waals surface area contributed by atoms with Crippen molar-refractivity contribution >= 4 is 28.9 Å². The molecule has 0 amide bonds. The molecule has 0 radical (unpaired) electrons. The third-order valence-corrected chi connectivity index (χ3v) is 4.39. The van der Waals surface area contributed by atoms with Gasteiger partial charge in [0.05, 0.1) is 16.1 Å². The van der Waals surface area contributed by atoms with Gasteiger partial charge in [0.1, 0.15) is 0 Å². The first kappa shape index (κ1) is 16.2. The van der Waals surface area contributed by atoms with Crippen LogP contribution < -0.4 is 4.90 Å². The molecule has 21 heavy (non-hydrogen) atoms. The molecule has 0 fully saturated rings. The Kier molecular flexibility index (Phi) is 5.51. The predicted octanol–water partition coefficient (Wildman–Crippen LogP) is 4.86. The van der Waals surface area contributed by atoms with E-state index in [-0.39, 0.29) is 0 Å². The maximum absolute atomic E-state index is 10.3. The predicted molar refractivity (Wildman–Crippen MR) is 90.5 cm³/mol. The summed E-state index contributed by atoms with van der Waals surface area (Å²) in [6, 6.07) is 13.6. The summed E-state index contributed by atoms with van der Waals surface area (Å²) < 4.78 is 0. The number of halogens is 2. The van der Waals surface area contributed by atoms with Crippen molar-refractivity contribution in [1.29, 1.82) is 0 Å². The highest BCUT2D eigenvalue weighted by atomic mass is 35.5. The Morgan fingerprint density at radius 1 is 1.10 bits per heavy atom. The van der Waals surface area contributed by atoms with Crippen LogP contribution in [0.4, 0.5) is 5.69 Å². The molecule has 1 N–H and O–H groups in total. The minimum Gasteiger partial charge on any atom is -0.388 e. The third kappa shape index (κ3) is 4.13. The first-order chi connectivity index (χ1) is 9.99. The normalized spacial score (nSPS) is 12.2. The van der Waals surface area contributed by atoms with E-state index in [1.54, 1.807) is 12.1 Å². The minimum absolute atomic E-state index is 0.435. The highest BCUT2D eigenvalue weighted by Crippen LogP contribution is 2.31. The molecule has 4 heteroatoms. The van der Waals surface area contributed by atoms with E-state index in [1.165, 1.54) is 5.56 Å². The van der Waals surface area contributed by atoms with Crippen molar-refractivity contribution < 1.29 is 5.11 Å². The molecule has 2 aromatic rings. The second kappa shape index (κ2) is 7.17. The summed E-state index contributed by atoms with van der Waals surface area (Å²) in [6.45, 7) is 2.79. The van der Waals surface area contributed by atoms with Gasteiger partial charge in [0.2, 0.25) is 0 Å². The van der Waals surface area contributed by atoms with Crippen LogP contribution in [0.3, 0.4) is 0 Å². The molecule has 2 nitrogen and oxygen atoms in total. The Labute approximate surface area is 135 Å². The van der Waals surface area contributed by atoms with Crippen molar-refractivity contribution in [3.63, 3.8) is 0 Å². The Balaban J connectivity index is 1.99. The summed E-state index contributed by atoms with van der Waals surface area (Å²) >= 11 is 12.1. The van der Waals surface area contributed by atoms with Gasteiger partial charge in [0.25, 0.3) is 0 Å². The fourth-order valence-electron chi connectivity index (χ4n) is 2.18. The summed E-state index contributed by atoms with van der Waals surface area (Å²) in [6.07, 6.45) is -0.0335.